The molecule has 2 heterocycles. The van der Waals surface area contributed by atoms with Gasteiger partial charge in [-0.05, 0) is 43.5 Å². The molecular weight excluding hydrogens is 553 g/mol. The average molecular weight is 583 g/mol. The zero-order valence-corrected chi connectivity index (χ0v) is 21.4. The Labute approximate surface area is 225 Å². The first kappa shape index (κ1) is 31.3. The smallest absolute Gasteiger partial charge is 0.395 e. The number of β-amino-alcohol motifs (C(OH)–C–C–N with tert-alkyl or cyclic N) is 1. The van der Waals surface area contributed by atoms with Crippen molar-refractivity contribution < 1.29 is 45.4 Å². The van der Waals surface area contributed by atoms with E-state index < -0.39 is 48.0 Å². The summed E-state index contributed by atoms with van der Waals surface area (Å²) in [4.78, 5) is 28.1. The van der Waals surface area contributed by atoms with Crippen molar-refractivity contribution in [2.75, 3.05) is 57.4 Å². The van der Waals surface area contributed by atoms with Crippen molar-refractivity contribution in [3.05, 3.63) is 35.7 Å². The molecule has 1 aromatic carbocycles. The van der Waals surface area contributed by atoms with E-state index >= 15 is 0 Å². The van der Waals surface area contributed by atoms with Crippen molar-refractivity contribution in [3.63, 3.8) is 0 Å². The summed E-state index contributed by atoms with van der Waals surface area (Å²) in [5.74, 6) is -3.07. The van der Waals surface area contributed by atoms with Crippen LogP contribution in [-0.2, 0) is 11.2 Å². The van der Waals surface area contributed by atoms with Gasteiger partial charge in [0.25, 0.3) is 5.91 Å². The van der Waals surface area contributed by atoms with Crippen LogP contribution in [0, 0.1) is 0 Å². The van der Waals surface area contributed by atoms with Gasteiger partial charge in [0.2, 0.25) is 0 Å². The second kappa shape index (κ2) is 13.4. The van der Waals surface area contributed by atoms with Gasteiger partial charge in [-0.3, -0.25) is 23.8 Å². The number of benzene rings is 1. The Hall–Kier alpha value is -3.27. The zero-order chi connectivity index (χ0) is 29.5. The number of aliphatic hydroxyl groups is 1. The van der Waals surface area contributed by atoms with Gasteiger partial charge in [0.1, 0.15) is 6.54 Å². The second-order valence-corrected chi connectivity index (χ2v) is 9.17. The van der Waals surface area contributed by atoms with Crippen molar-refractivity contribution in [3.8, 4) is 5.69 Å². The molecule has 1 fully saturated rings. The highest BCUT2D eigenvalue weighted by molar-refractivity contribution is 5.97. The van der Waals surface area contributed by atoms with E-state index in [-0.39, 0.29) is 24.4 Å². The Kier molecular flexibility index (Phi) is 10.5. The first-order chi connectivity index (χ1) is 18.9. The SMILES string of the molecule is O=C(c1nnn(-c2ccc(N(CC(F)(F)F)C(=O)C(F)(F)F)cc2)c1CCCCCF)N1CCN(CCO)CC1. The van der Waals surface area contributed by atoms with Crippen LogP contribution in [0.5, 0.6) is 0 Å². The fraction of sp³-hybridized carbons (Fsp3) is 0.583. The summed E-state index contributed by atoms with van der Waals surface area (Å²) in [5, 5.41) is 17.1. The van der Waals surface area contributed by atoms with Gasteiger partial charge in [-0.15, -0.1) is 5.10 Å². The van der Waals surface area contributed by atoms with Crippen LogP contribution < -0.4 is 4.90 Å². The number of nitrogens with zero attached hydrogens (tertiary/aromatic N) is 6. The number of rotatable bonds is 11. The molecule has 40 heavy (non-hydrogen) atoms. The number of unbranched alkanes of at least 4 members (excludes halogenated alkanes) is 2. The van der Waals surface area contributed by atoms with Crippen molar-refractivity contribution >= 4 is 17.5 Å². The monoisotopic (exact) mass is 582 g/mol. The Morgan fingerprint density at radius 3 is 2.15 bits per heavy atom. The van der Waals surface area contributed by atoms with E-state index in [9.17, 15) is 40.3 Å². The van der Waals surface area contributed by atoms with Crippen LogP contribution in [0.15, 0.2) is 24.3 Å². The number of carbonyl (C=O) groups is 2. The third kappa shape index (κ3) is 8.13. The Bertz CT molecular complexity index is 1130. The van der Waals surface area contributed by atoms with Crippen LogP contribution >= 0.6 is 0 Å². The lowest BCUT2D eigenvalue weighted by molar-refractivity contribution is -0.174. The number of carbonyl (C=O) groups excluding carboxylic acids is 2. The van der Waals surface area contributed by atoms with E-state index in [0.717, 1.165) is 12.1 Å². The molecule has 0 atom stereocenters. The van der Waals surface area contributed by atoms with Crippen LogP contribution in [0.3, 0.4) is 0 Å². The van der Waals surface area contributed by atoms with Gasteiger partial charge in [0.15, 0.2) is 5.69 Å². The highest BCUT2D eigenvalue weighted by Gasteiger charge is 2.46. The van der Waals surface area contributed by atoms with Gasteiger partial charge >= 0.3 is 18.3 Å². The summed E-state index contributed by atoms with van der Waals surface area (Å²) in [6.07, 6.45) is -9.08. The zero-order valence-electron chi connectivity index (χ0n) is 21.4. The van der Waals surface area contributed by atoms with Gasteiger partial charge in [-0.1, -0.05) is 11.6 Å². The maximum absolute atomic E-state index is 13.3. The molecule has 0 saturated carbocycles. The van der Waals surface area contributed by atoms with Crippen LogP contribution in [0.25, 0.3) is 5.69 Å². The van der Waals surface area contributed by atoms with E-state index in [4.69, 9.17) is 5.11 Å². The molecule has 0 unspecified atom stereocenters. The molecule has 16 heteroatoms. The topological polar surface area (TPSA) is 94.8 Å². The first-order valence-electron chi connectivity index (χ1n) is 12.5. The number of piperazine rings is 1. The molecule has 1 aliphatic heterocycles. The maximum atomic E-state index is 13.3. The van der Waals surface area contributed by atoms with Gasteiger partial charge in [-0.2, -0.15) is 26.3 Å². The normalized spacial score (nSPS) is 14.9. The number of amides is 2. The molecule has 1 aromatic heterocycles. The molecule has 1 saturated heterocycles. The van der Waals surface area contributed by atoms with E-state index in [1.165, 1.54) is 16.8 Å². The Morgan fingerprint density at radius 1 is 0.950 bits per heavy atom. The largest absolute Gasteiger partial charge is 0.471 e. The van der Waals surface area contributed by atoms with E-state index in [2.05, 4.69) is 10.3 Å². The van der Waals surface area contributed by atoms with E-state index in [1.54, 1.807) is 4.90 Å². The van der Waals surface area contributed by atoms with Crippen molar-refractivity contribution in [2.24, 2.45) is 0 Å². The third-order valence-electron chi connectivity index (χ3n) is 6.32. The molecule has 0 aliphatic carbocycles. The molecular formula is C24H29F7N6O3. The summed E-state index contributed by atoms with van der Waals surface area (Å²) < 4.78 is 91.6. The standard InChI is InChI=1S/C24H29F7N6O3/c25-9-3-1-2-4-19-20(21(39)35-12-10-34(11-13-35)14-15-38)32-33-37(19)18-7-5-17(6-8-18)36(16-23(26,27)28)22(40)24(29,30)31/h5-8,38H,1-4,9-16H2. The van der Waals surface area contributed by atoms with Gasteiger partial charge in [-0.25, -0.2) is 4.68 Å². The minimum Gasteiger partial charge on any atom is -0.395 e. The summed E-state index contributed by atoms with van der Waals surface area (Å²) in [6, 6.07) is 4.18. The van der Waals surface area contributed by atoms with Crippen LogP contribution in [0.1, 0.15) is 35.4 Å². The predicted octanol–water partition coefficient (Wildman–Crippen LogP) is 3.16. The fourth-order valence-corrected chi connectivity index (χ4v) is 4.32. The van der Waals surface area contributed by atoms with Crippen molar-refractivity contribution in [2.45, 2.75) is 38.0 Å². The maximum Gasteiger partial charge on any atom is 0.471 e. The second-order valence-electron chi connectivity index (χ2n) is 9.17. The van der Waals surface area contributed by atoms with Crippen LogP contribution in [-0.4, -0.2) is 107 Å². The van der Waals surface area contributed by atoms with Crippen LogP contribution in [0.4, 0.5) is 36.4 Å². The Morgan fingerprint density at radius 2 is 1.60 bits per heavy atom. The summed E-state index contributed by atoms with van der Waals surface area (Å²) in [6.45, 7) is -0.358. The number of aromatic nitrogens is 3. The molecule has 0 radical (unpaired) electrons. The number of aliphatic hydroxyl groups excluding tert-OH is 1. The lowest BCUT2D eigenvalue weighted by Gasteiger charge is -2.34. The highest BCUT2D eigenvalue weighted by atomic mass is 19.4. The molecule has 9 nitrogen and oxygen atoms in total. The van der Waals surface area contributed by atoms with Crippen LogP contribution in [0.2, 0.25) is 0 Å². The molecule has 0 bridgehead atoms. The highest BCUT2D eigenvalue weighted by Crippen LogP contribution is 2.29. The fourth-order valence-electron chi connectivity index (χ4n) is 4.32. The minimum absolute atomic E-state index is 0.0115. The molecule has 222 valence electrons. The molecule has 2 amide bonds. The van der Waals surface area contributed by atoms with Crippen molar-refractivity contribution in [1.29, 1.82) is 0 Å². The predicted molar refractivity (Wildman–Crippen MR) is 129 cm³/mol. The minimum atomic E-state index is -5.53. The number of anilines is 1. The Balaban J connectivity index is 1.89. The number of halogens is 7. The molecule has 1 aliphatic rings. The number of hydrogen-bond donors (Lipinski definition) is 1. The van der Waals surface area contributed by atoms with Gasteiger partial charge in [0, 0.05) is 38.4 Å². The number of alkyl halides is 7. The summed E-state index contributed by atoms with van der Waals surface area (Å²) in [5.41, 5.74) is -0.0566. The molecule has 1 N–H and O–H groups in total. The van der Waals surface area contributed by atoms with E-state index in [1.807, 2.05) is 4.90 Å². The quantitative estimate of drug-likeness (QED) is 0.323. The van der Waals surface area contributed by atoms with Gasteiger partial charge < -0.3 is 10.0 Å². The van der Waals surface area contributed by atoms with Crippen molar-refractivity contribution in [1.82, 2.24) is 24.8 Å². The molecule has 3 rings (SSSR count). The lowest BCUT2D eigenvalue weighted by Crippen LogP contribution is -2.49. The van der Waals surface area contributed by atoms with E-state index in [0.29, 0.717) is 57.7 Å². The average Bonchev–Trinajstić information content (AvgIpc) is 3.32. The number of hydrogen-bond acceptors (Lipinski definition) is 6. The summed E-state index contributed by atoms with van der Waals surface area (Å²) in [7, 11) is 0. The molecule has 0 spiro atoms. The lowest BCUT2D eigenvalue weighted by atomic mass is 10.1. The van der Waals surface area contributed by atoms with Gasteiger partial charge in [0.05, 0.1) is 24.7 Å². The third-order valence-corrected chi connectivity index (χ3v) is 6.32. The molecule has 2 aromatic rings. The first-order valence-corrected chi connectivity index (χ1v) is 12.5. The summed E-state index contributed by atoms with van der Waals surface area (Å²) >= 11 is 0.